The number of hydrogen-bond acceptors (Lipinski definition) is 20. The number of benzene rings is 2. The molecule has 4 heterocycles. The fourth-order valence-electron chi connectivity index (χ4n) is 6.57. The van der Waals surface area contributed by atoms with E-state index in [2.05, 4.69) is 0 Å². The zero-order valence-corrected chi connectivity index (χ0v) is 27.7. The van der Waals surface area contributed by atoms with Crippen LogP contribution in [-0.4, -0.2) is 168 Å². The molecule has 3 aromatic rings. The van der Waals surface area contributed by atoms with Gasteiger partial charge in [-0.05, 0) is 18.2 Å². The second-order valence-corrected chi connectivity index (χ2v) is 12.8. The first-order chi connectivity index (χ1) is 25.2. The number of aliphatic hydroxyl groups excluding tert-OH is 9. The van der Waals surface area contributed by atoms with E-state index in [1.165, 1.54) is 25.3 Å². The highest BCUT2D eigenvalue weighted by atomic mass is 16.7. The van der Waals surface area contributed by atoms with E-state index < -0.39 is 128 Å². The van der Waals surface area contributed by atoms with Crippen molar-refractivity contribution in [2.24, 2.45) is 0 Å². The van der Waals surface area contributed by atoms with Gasteiger partial charge in [-0.3, -0.25) is 4.79 Å². The van der Waals surface area contributed by atoms with Crippen LogP contribution in [0.25, 0.3) is 22.3 Å². The lowest BCUT2D eigenvalue weighted by atomic mass is 9.89. The van der Waals surface area contributed by atoms with Crippen LogP contribution in [-0.2, 0) is 23.7 Å². The Morgan fingerprint density at radius 1 is 0.736 bits per heavy atom. The smallest absolute Gasteiger partial charge is 0.197 e. The Balaban J connectivity index is 1.20. The molecule has 292 valence electrons. The maximum Gasteiger partial charge on any atom is 0.197 e. The summed E-state index contributed by atoms with van der Waals surface area (Å²) in [5.74, 6) is -1.84. The number of hydrogen-bond donors (Lipinski definition) is 12. The molecule has 0 radical (unpaired) electrons. The van der Waals surface area contributed by atoms with Gasteiger partial charge in [0.15, 0.2) is 29.5 Å². The highest BCUT2D eigenvalue weighted by molar-refractivity contribution is 5.88. The van der Waals surface area contributed by atoms with Gasteiger partial charge in [-0.2, -0.15) is 0 Å². The minimum atomic E-state index is -1.95. The Labute approximate surface area is 298 Å². The van der Waals surface area contributed by atoms with Crippen molar-refractivity contribution in [3.8, 4) is 34.3 Å². The Bertz CT molecular complexity index is 1810. The summed E-state index contributed by atoms with van der Waals surface area (Å²) in [7, 11) is 1.20. The van der Waals surface area contributed by atoms with Crippen LogP contribution in [0.15, 0.2) is 39.5 Å². The summed E-state index contributed by atoms with van der Waals surface area (Å²) >= 11 is 0. The summed E-state index contributed by atoms with van der Waals surface area (Å²) in [4.78, 5) is 13.3. The summed E-state index contributed by atoms with van der Waals surface area (Å²) in [6, 6.07) is 5.94. The summed E-state index contributed by atoms with van der Waals surface area (Å²) in [5.41, 5.74) is -1.04. The molecule has 0 saturated carbocycles. The molecule has 20 heteroatoms. The largest absolute Gasteiger partial charge is 0.506 e. The van der Waals surface area contributed by atoms with E-state index in [0.29, 0.717) is 0 Å². The van der Waals surface area contributed by atoms with Gasteiger partial charge in [0.05, 0.1) is 32.5 Å². The van der Waals surface area contributed by atoms with Gasteiger partial charge in [0.2, 0.25) is 0 Å². The minimum absolute atomic E-state index is 0.0410. The number of ether oxygens (including phenoxy) is 6. The molecule has 14 unspecified atom stereocenters. The number of phenolic OH excluding ortho intramolecular Hbond substituents is 3. The highest BCUT2D eigenvalue weighted by Crippen LogP contribution is 2.46. The normalized spacial score (nSPS) is 36.4. The average molecular weight is 757 g/mol. The molecule has 3 saturated heterocycles. The molecule has 12 N–H and O–H groups in total. The average Bonchev–Trinajstić information content (AvgIpc) is 3.14. The van der Waals surface area contributed by atoms with Crippen molar-refractivity contribution in [1.29, 1.82) is 0 Å². The van der Waals surface area contributed by atoms with Crippen molar-refractivity contribution < 1.29 is 94.1 Å². The van der Waals surface area contributed by atoms with Crippen LogP contribution >= 0.6 is 0 Å². The lowest BCUT2D eigenvalue weighted by Crippen LogP contribution is -2.63. The van der Waals surface area contributed by atoms with Crippen molar-refractivity contribution in [3.05, 3.63) is 46.1 Å². The van der Waals surface area contributed by atoms with Crippen molar-refractivity contribution >= 4 is 11.0 Å². The fourth-order valence-corrected chi connectivity index (χ4v) is 6.57. The monoisotopic (exact) mass is 756 g/mol. The lowest BCUT2D eigenvalue weighted by molar-refractivity contribution is -0.356. The first-order valence-corrected chi connectivity index (χ1v) is 16.3. The predicted octanol–water partition coefficient (Wildman–Crippen LogP) is -3.61. The number of aliphatic hydroxyl groups is 9. The van der Waals surface area contributed by atoms with Crippen molar-refractivity contribution in [2.45, 2.75) is 85.8 Å². The maximum absolute atomic E-state index is 13.3. The third kappa shape index (κ3) is 7.15. The molecular formula is C33H40O20. The van der Waals surface area contributed by atoms with E-state index in [9.17, 15) is 66.1 Å². The molecule has 0 spiro atoms. The van der Waals surface area contributed by atoms with E-state index in [1.807, 2.05) is 0 Å². The molecule has 3 aliphatic heterocycles. The van der Waals surface area contributed by atoms with Crippen LogP contribution in [0.1, 0.15) is 11.7 Å². The number of methoxy groups -OCH3 is 1. The van der Waals surface area contributed by atoms with E-state index in [4.69, 9.17) is 32.8 Å². The first-order valence-electron chi connectivity index (χ1n) is 16.3. The molecule has 0 amide bonds. The van der Waals surface area contributed by atoms with Crippen molar-refractivity contribution in [3.63, 3.8) is 0 Å². The van der Waals surface area contributed by atoms with Gasteiger partial charge >= 0.3 is 0 Å². The Morgan fingerprint density at radius 3 is 2.09 bits per heavy atom. The standard InChI is InChI=1S/C33H40O20/c1-47-15-6-16-20(13(38)5-14(49-16)10-2-3-11(36)12(37)4-10)24(41)21(15)31-27(44)26(43)30(18(8-35)50-31)53-32-28(45)23(40)19(9-48-32)52-33-29(46)25(42)22(39)17(7-34)51-33/h2-6,17-19,22-23,25-37,39-46H,7-9H2,1H3. The van der Waals surface area contributed by atoms with E-state index in [1.54, 1.807) is 0 Å². The van der Waals surface area contributed by atoms with E-state index in [-0.39, 0.29) is 33.6 Å². The number of fused-ring (bicyclic) bond motifs is 1. The number of aromatic hydroxyl groups is 3. The van der Waals surface area contributed by atoms with Crippen LogP contribution in [0, 0.1) is 0 Å². The minimum Gasteiger partial charge on any atom is -0.506 e. The highest BCUT2D eigenvalue weighted by Gasteiger charge is 2.52. The fraction of sp³-hybridized carbons (Fsp3) is 0.545. The van der Waals surface area contributed by atoms with Gasteiger partial charge in [-0.15, -0.1) is 0 Å². The van der Waals surface area contributed by atoms with Crippen LogP contribution in [0.2, 0.25) is 0 Å². The molecular weight excluding hydrogens is 716 g/mol. The number of phenols is 3. The predicted molar refractivity (Wildman–Crippen MR) is 171 cm³/mol. The molecule has 0 bridgehead atoms. The van der Waals surface area contributed by atoms with Crippen LogP contribution in [0.4, 0.5) is 0 Å². The quantitative estimate of drug-likeness (QED) is 0.0938. The Kier molecular flexibility index (Phi) is 11.5. The van der Waals surface area contributed by atoms with Crippen LogP contribution in [0.5, 0.6) is 23.0 Å². The summed E-state index contributed by atoms with van der Waals surface area (Å²) in [6.45, 7) is -2.13. The molecule has 3 fully saturated rings. The molecule has 2 aromatic carbocycles. The van der Waals surface area contributed by atoms with Crippen molar-refractivity contribution in [1.82, 2.24) is 0 Å². The van der Waals surface area contributed by atoms with Gasteiger partial charge < -0.3 is 94.1 Å². The van der Waals surface area contributed by atoms with Gasteiger partial charge in [-0.1, -0.05) is 0 Å². The Hall–Kier alpha value is -3.71. The third-order valence-electron chi connectivity index (χ3n) is 9.51. The Morgan fingerprint density at radius 2 is 1.43 bits per heavy atom. The summed E-state index contributed by atoms with van der Waals surface area (Å²) in [6.07, 6.45) is -23.7. The molecule has 0 aliphatic carbocycles. The lowest BCUT2D eigenvalue weighted by Gasteiger charge is -2.46. The second-order valence-electron chi connectivity index (χ2n) is 12.8. The van der Waals surface area contributed by atoms with Gasteiger partial charge in [0, 0.05) is 17.7 Å². The van der Waals surface area contributed by atoms with Crippen molar-refractivity contribution in [2.75, 3.05) is 26.9 Å². The summed E-state index contributed by atoms with van der Waals surface area (Å²) in [5, 5.41) is 125. The number of rotatable bonds is 9. The molecule has 20 nitrogen and oxygen atoms in total. The summed E-state index contributed by atoms with van der Waals surface area (Å²) < 4.78 is 39.1. The SMILES string of the molecule is COc1cc2oc(-c3ccc(O)c(O)c3)cc(=O)c2c(O)c1C1OC(CO)C(OC2OCC(OC3OC(CO)C(O)C(O)C3O)C(O)C2O)C(O)C1O. The maximum atomic E-state index is 13.3. The van der Waals surface area contributed by atoms with Gasteiger partial charge in [0.25, 0.3) is 0 Å². The third-order valence-corrected chi connectivity index (χ3v) is 9.51. The van der Waals surface area contributed by atoms with Gasteiger partial charge in [-0.25, -0.2) is 0 Å². The van der Waals surface area contributed by atoms with Gasteiger partial charge in [0.1, 0.15) is 101 Å². The van der Waals surface area contributed by atoms with E-state index >= 15 is 0 Å². The zero-order chi connectivity index (χ0) is 38.5. The topological polar surface area (TPSA) is 328 Å². The molecule has 1 aromatic heterocycles. The first kappa shape index (κ1) is 39.0. The molecule has 53 heavy (non-hydrogen) atoms. The molecule has 14 atom stereocenters. The van der Waals surface area contributed by atoms with Crippen LogP contribution < -0.4 is 10.2 Å². The van der Waals surface area contributed by atoms with E-state index in [0.717, 1.165) is 12.1 Å². The van der Waals surface area contributed by atoms with Crippen LogP contribution in [0.3, 0.4) is 0 Å². The second kappa shape index (κ2) is 15.6. The zero-order valence-electron chi connectivity index (χ0n) is 27.7. The molecule has 3 aliphatic rings. The molecule has 6 rings (SSSR count).